The number of hydrogen-bond acceptors (Lipinski definition) is 3. The van der Waals surface area contributed by atoms with Gasteiger partial charge in [-0.1, -0.05) is 19.3 Å². The number of esters is 1. The monoisotopic (exact) mass is 224 g/mol. The topological polar surface area (TPSA) is 43.4 Å². The van der Waals surface area contributed by atoms with Crippen molar-refractivity contribution in [3.05, 3.63) is 0 Å². The maximum Gasteiger partial charge on any atom is 0.319 e. The Kier molecular flexibility index (Phi) is 3.31. The molecule has 0 radical (unpaired) electrons. The average molecular weight is 224 g/mol. The van der Waals surface area contributed by atoms with Crippen molar-refractivity contribution in [1.29, 1.82) is 0 Å². The molecule has 2 fully saturated rings. The molecular formula is C13H20O3. The van der Waals surface area contributed by atoms with Crippen LogP contribution in [0.2, 0.25) is 0 Å². The second-order valence-electron chi connectivity index (χ2n) is 5.00. The van der Waals surface area contributed by atoms with E-state index in [-0.39, 0.29) is 17.7 Å². The molecule has 2 aliphatic rings. The van der Waals surface area contributed by atoms with Crippen molar-refractivity contribution < 1.29 is 14.3 Å². The Morgan fingerprint density at radius 2 is 2.00 bits per heavy atom. The summed E-state index contributed by atoms with van der Waals surface area (Å²) in [5.74, 6) is 0.0435. The van der Waals surface area contributed by atoms with E-state index in [0.29, 0.717) is 19.4 Å². The summed E-state index contributed by atoms with van der Waals surface area (Å²) in [5.41, 5.74) is -0.768. The SMILES string of the molecule is CCOC(=O)[C@@]12CCCC[C@@H](CCC1)C2=O. The summed E-state index contributed by atoms with van der Waals surface area (Å²) in [6.45, 7) is 2.18. The summed E-state index contributed by atoms with van der Waals surface area (Å²) < 4.78 is 5.12. The lowest BCUT2D eigenvalue weighted by molar-refractivity contribution is -0.164. The lowest BCUT2D eigenvalue weighted by atomic mass is 9.67. The molecule has 0 N–H and O–H groups in total. The number of ketones is 1. The quantitative estimate of drug-likeness (QED) is 0.534. The van der Waals surface area contributed by atoms with Crippen molar-refractivity contribution in [3.63, 3.8) is 0 Å². The third kappa shape index (κ3) is 1.76. The molecule has 2 aliphatic carbocycles. The molecule has 0 spiro atoms. The van der Waals surface area contributed by atoms with E-state index in [1.807, 2.05) is 0 Å². The van der Waals surface area contributed by atoms with Gasteiger partial charge < -0.3 is 4.74 Å². The zero-order valence-corrected chi connectivity index (χ0v) is 9.96. The van der Waals surface area contributed by atoms with Crippen molar-refractivity contribution in [1.82, 2.24) is 0 Å². The highest BCUT2D eigenvalue weighted by Crippen LogP contribution is 2.45. The van der Waals surface area contributed by atoms with Crippen LogP contribution in [0.25, 0.3) is 0 Å². The fourth-order valence-electron chi connectivity index (χ4n) is 3.21. The highest BCUT2D eigenvalue weighted by molar-refractivity contribution is 6.05. The molecule has 2 rings (SSSR count). The fourth-order valence-corrected chi connectivity index (χ4v) is 3.21. The summed E-state index contributed by atoms with van der Waals surface area (Å²) in [6.07, 6.45) is 6.43. The van der Waals surface area contributed by atoms with E-state index in [0.717, 1.165) is 32.1 Å². The van der Waals surface area contributed by atoms with Gasteiger partial charge in [0.1, 0.15) is 5.41 Å². The molecule has 0 aromatic heterocycles. The number of ether oxygens (including phenoxy) is 1. The molecule has 0 aromatic rings. The number of carbonyl (C=O) groups is 2. The van der Waals surface area contributed by atoms with E-state index in [4.69, 9.17) is 4.74 Å². The van der Waals surface area contributed by atoms with Crippen LogP contribution >= 0.6 is 0 Å². The molecule has 90 valence electrons. The number of Topliss-reactive ketones (excluding diaryl/α,β-unsaturated/α-hetero) is 1. The van der Waals surface area contributed by atoms with Crippen LogP contribution in [0.3, 0.4) is 0 Å². The minimum atomic E-state index is -0.768. The van der Waals surface area contributed by atoms with Gasteiger partial charge in [-0.05, 0) is 32.6 Å². The predicted octanol–water partition coefficient (Wildman–Crippen LogP) is 2.48. The van der Waals surface area contributed by atoms with E-state index >= 15 is 0 Å². The van der Waals surface area contributed by atoms with Gasteiger partial charge in [-0.15, -0.1) is 0 Å². The summed E-state index contributed by atoms with van der Waals surface area (Å²) in [4.78, 5) is 24.4. The first-order valence-corrected chi connectivity index (χ1v) is 6.42. The summed E-state index contributed by atoms with van der Waals surface area (Å²) in [7, 11) is 0. The smallest absolute Gasteiger partial charge is 0.319 e. The Morgan fingerprint density at radius 1 is 1.31 bits per heavy atom. The normalized spacial score (nSPS) is 34.3. The second-order valence-corrected chi connectivity index (χ2v) is 5.00. The maximum absolute atomic E-state index is 12.4. The summed E-state index contributed by atoms with van der Waals surface area (Å²) >= 11 is 0. The van der Waals surface area contributed by atoms with Gasteiger partial charge in [0.15, 0.2) is 5.78 Å². The molecular weight excluding hydrogens is 204 g/mol. The molecule has 0 amide bonds. The summed E-state index contributed by atoms with van der Waals surface area (Å²) in [5, 5.41) is 0. The van der Waals surface area contributed by atoms with Crippen molar-refractivity contribution in [2.24, 2.45) is 11.3 Å². The predicted molar refractivity (Wildman–Crippen MR) is 59.9 cm³/mol. The zero-order valence-electron chi connectivity index (χ0n) is 9.96. The standard InChI is InChI=1S/C13H20O3/c1-2-16-12(15)13-8-4-3-6-10(11(13)14)7-5-9-13/h10H,2-9H2,1H3/t10-,13-/m0/s1. The summed E-state index contributed by atoms with van der Waals surface area (Å²) in [6, 6.07) is 0. The van der Waals surface area contributed by atoms with E-state index in [1.54, 1.807) is 6.92 Å². The van der Waals surface area contributed by atoms with E-state index in [2.05, 4.69) is 0 Å². The van der Waals surface area contributed by atoms with Gasteiger partial charge in [0.05, 0.1) is 6.61 Å². The Balaban J connectivity index is 2.26. The molecule has 2 bridgehead atoms. The lowest BCUT2D eigenvalue weighted by Gasteiger charge is -2.35. The molecule has 0 unspecified atom stereocenters. The molecule has 0 aromatic carbocycles. The average Bonchev–Trinajstić information content (AvgIpc) is 2.38. The molecule has 3 heteroatoms. The van der Waals surface area contributed by atoms with Crippen molar-refractivity contribution in [3.8, 4) is 0 Å². The number of hydrogen-bond donors (Lipinski definition) is 0. The second kappa shape index (κ2) is 4.56. The van der Waals surface area contributed by atoms with Crippen LogP contribution in [-0.4, -0.2) is 18.4 Å². The van der Waals surface area contributed by atoms with E-state index < -0.39 is 5.41 Å². The van der Waals surface area contributed by atoms with Crippen LogP contribution in [0.5, 0.6) is 0 Å². The highest BCUT2D eigenvalue weighted by atomic mass is 16.5. The van der Waals surface area contributed by atoms with Crippen LogP contribution in [-0.2, 0) is 14.3 Å². The highest BCUT2D eigenvalue weighted by Gasteiger charge is 2.51. The van der Waals surface area contributed by atoms with Crippen LogP contribution in [0.1, 0.15) is 51.9 Å². The van der Waals surface area contributed by atoms with Gasteiger partial charge in [-0.3, -0.25) is 9.59 Å². The third-order valence-electron chi connectivity index (χ3n) is 4.07. The van der Waals surface area contributed by atoms with Crippen molar-refractivity contribution in [2.75, 3.05) is 6.61 Å². The molecule has 0 aliphatic heterocycles. The first kappa shape index (κ1) is 11.6. The zero-order chi connectivity index (χ0) is 11.6. The molecule has 2 atom stereocenters. The van der Waals surface area contributed by atoms with E-state index in [9.17, 15) is 9.59 Å². The van der Waals surface area contributed by atoms with Crippen LogP contribution < -0.4 is 0 Å². The molecule has 16 heavy (non-hydrogen) atoms. The number of carbonyl (C=O) groups excluding carboxylic acids is 2. The van der Waals surface area contributed by atoms with Gasteiger partial charge in [-0.2, -0.15) is 0 Å². The number of rotatable bonds is 2. The lowest BCUT2D eigenvalue weighted by Crippen LogP contribution is -2.45. The van der Waals surface area contributed by atoms with Crippen molar-refractivity contribution >= 4 is 11.8 Å². The van der Waals surface area contributed by atoms with Gasteiger partial charge in [0, 0.05) is 5.92 Å². The minimum Gasteiger partial charge on any atom is -0.465 e. The van der Waals surface area contributed by atoms with E-state index in [1.165, 1.54) is 0 Å². The molecule has 3 nitrogen and oxygen atoms in total. The van der Waals surface area contributed by atoms with Gasteiger partial charge in [0.25, 0.3) is 0 Å². The van der Waals surface area contributed by atoms with Crippen LogP contribution in [0.4, 0.5) is 0 Å². The fraction of sp³-hybridized carbons (Fsp3) is 0.846. The Morgan fingerprint density at radius 3 is 2.75 bits per heavy atom. The third-order valence-corrected chi connectivity index (χ3v) is 4.07. The maximum atomic E-state index is 12.4. The largest absolute Gasteiger partial charge is 0.465 e. The molecule has 0 saturated heterocycles. The van der Waals surface area contributed by atoms with Gasteiger partial charge in [0.2, 0.25) is 0 Å². The molecule has 0 heterocycles. The first-order chi connectivity index (χ1) is 7.70. The van der Waals surface area contributed by atoms with Crippen molar-refractivity contribution in [2.45, 2.75) is 51.9 Å². The Bertz CT molecular complexity index is 298. The first-order valence-electron chi connectivity index (χ1n) is 6.42. The van der Waals surface area contributed by atoms with Gasteiger partial charge in [-0.25, -0.2) is 0 Å². The van der Waals surface area contributed by atoms with Gasteiger partial charge >= 0.3 is 5.97 Å². The number of fused-ring (bicyclic) bond motifs is 2. The van der Waals surface area contributed by atoms with Crippen LogP contribution in [0.15, 0.2) is 0 Å². The minimum absolute atomic E-state index is 0.126. The van der Waals surface area contributed by atoms with Crippen LogP contribution in [0, 0.1) is 11.3 Å². The Labute approximate surface area is 96.5 Å². The Hall–Kier alpha value is -0.860. The molecule has 2 saturated carbocycles.